The molecule has 1 aliphatic carbocycles. The van der Waals surface area contributed by atoms with Crippen LogP contribution in [0.25, 0.3) is 0 Å². The normalized spacial score (nSPS) is 17.3. The molecule has 0 fully saturated rings. The molecule has 116 valence electrons. The van der Waals surface area contributed by atoms with Crippen LogP contribution < -0.4 is 5.73 Å². The number of carbonyl (C=O) groups is 1. The number of hydrogen-bond acceptors (Lipinski definition) is 4. The van der Waals surface area contributed by atoms with Crippen LogP contribution in [0, 0.1) is 0 Å². The summed E-state index contributed by atoms with van der Waals surface area (Å²) in [6.45, 7) is 1.70. The maximum absolute atomic E-state index is 12.9. The summed E-state index contributed by atoms with van der Waals surface area (Å²) in [7, 11) is 1.65. The van der Waals surface area contributed by atoms with Crippen molar-refractivity contribution >= 4 is 34.5 Å². The minimum absolute atomic E-state index is 0.0109. The summed E-state index contributed by atoms with van der Waals surface area (Å²) in [5, 5.41) is 2.09. The molecular weight excluding hydrogens is 304 g/mol. The van der Waals surface area contributed by atoms with E-state index in [0.29, 0.717) is 31.1 Å². The van der Waals surface area contributed by atoms with Gasteiger partial charge in [0, 0.05) is 31.5 Å². The monoisotopic (exact) mass is 326 g/mol. The van der Waals surface area contributed by atoms with Gasteiger partial charge in [0.15, 0.2) is 0 Å². The highest BCUT2D eigenvalue weighted by atomic mass is 32.1. The minimum Gasteiger partial charge on any atom is -0.393 e. The number of thiophene rings is 1. The molecule has 1 amide bonds. The number of methoxy groups -OCH3 is 1. The molecule has 21 heavy (non-hydrogen) atoms. The van der Waals surface area contributed by atoms with Gasteiger partial charge in [0.25, 0.3) is 0 Å². The number of amides is 1. The topological polar surface area (TPSA) is 55.6 Å². The number of nitrogens with two attached hydrogens (primary N) is 1. The SMILES string of the molecule is COCCN(CCC(N)=S)C(=O)C1CCCc2sccc21. The Labute approximate surface area is 135 Å². The summed E-state index contributed by atoms with van der Waals surface area (Å²) in [6.07, 6.45) is 3.67. The molecule has 2 N–H and O–H groups in total. The fourth-order valence-electron chi connectivity index (χ4n) is 2.74. The fraction of sp³-hybridized carbons (Fsp3) is 0.600. The number of carbonyl (C=O) groups excluding carboxylic acids is 1. The van der Waals surface area contributed by atoms with Gasteiger partial charge in [-0.15, -0.1) is 11.3 Å². The number of hydrogen-bond donors (Lipinski definition) is 1. The molecule has 0 bridgehead atoms. The third kappa shape index (κ3) is 4.25. The largest absolute Gasteiger partial charge is 0.393 e. The lowest BCUT2D eigenvalue weighted by molar-refractivity contribution is -0.133. The lowest BCUT2D eigenvalue weighted by atomic mass is 9.86. The average molecular weight is 326 g/mol. The highest BCUT2D eigenvalue weighted by Crippen LogP contribution is 2.36. The van der Waals surface area contributed by atoms with E-state index in [2.05, 4.69) is 11.4 Å². The van der Waals surface area contributed by atoms with E-state index in [4.69, 9.17) is 22.7 Å². The van der Waals surface area contributed by atoms with Gasteiger partial charge >= 0.3 is 0 Å². The Hall–Kier alpha value is -0.980. The predicted molar refractivity (Wildman–Crippen MR) is 89.9 cm³/mol. The molecule has 0 aromatic carbocycles. The van der Waals surface area contributed by atoms with Gasteiger partial charge < -0.3 is 15.4 Å². The second kappa shape index (κ2) is 7.87. The van der Waals surface area contributed by atoms with Crippen molar-refractivity contribution in [1.29, 1.82) is 0 Å². The average Bonchev–Trinajstić information content (AvgIpc) is 2.94. The summed E-state index contributed by atoms with van der Waals surface area (Å²) in [6, 6.07) is 2.10. The van der Waals surface area contributed by atoms with Gasteiger partial charge in [-0.2, -0.15) is 0 Å². The highest BCUT2D eigenvalue weighted by molar-refractivity contribution is 7.80. The summed E-state index contributed by atoms with van der Waals surface area (Å²) in [5.41, 5.74) is 6.79. The summed E-state index contributed by atoms with van der Waals surface area (Å²) >= 11 is 6.69. The maximum Gasteiger partial charge on any atom is 0.230 e. The van der Waals surface area contributed by atoms with E-state index >= 15 is 0 Å². The molecule has 0 saturated carbocycles. The van der Waals surface area contributed by atoms with Crippen molar-refractivity contribution in [1.82, 2.24) is 4.90 Å². The van der Waals surface area contributed by atoms with Crippen LogP contribution in [0.4, 0.5) is 0 Å². The Morgan fingerprint density at radius 1 is 1.57 bits per heavy atom. The van der Waals surface area contributed by atoms with Crippen LogP contribution in [0.15, 0.2) is 11.4 Å². The minimum atomic E-state index is -0.0109. The third-order valence-electron chi connectivity index (χ3n) is 3.86. The van der Waals surface area contributed by atoms with Crippen LogP contribution in [0.2, 0.25) is 0 Å². The Balaban J connectivity index is 2.09. The zero-order valence-electron chi connectivity index (χ0n) is 12.3. The second-order valence-electron chi connectivity index (χ2n) is 5.28. The molecule has 1 unspecified atom stereocenters. The highest BCUT2D eigenvalue weighted by Gasteiger charge is 2.30. The first-order valence-electron chi connectivity index (χ1n) is 7.25. The van der Waals surface area contributed by atoms with Crippen molar-refractivity contribution in [3.63, 3.8) is 0 Å². The van der Waals surface area contributed by atoms with Gasteiger partial charge in [0.05, 0.1) is 17.5 Å². The quantitative estimate of drug-likeness (QED) is 0.781. The molecular formula is C15H22N2O2S2. The molecule has 2 rings (SSSR count). The first kappa shape index (κ1) is 16.4. The summed E-state index contributed by atoms with van der Waals surface area (Å²) < 4.78 is 5.12. The zero-order valence-corrected chi connectivity index (χ0v) is 14.0. The van der Waals surface area contributed by atoms with Crippen molar-refractivity contribution in [3.8, 4) is 0 Å². The van der Waals surface area contributed by atoms with Gasteiger partial charge in [-0.1, -0.05) is 12.2 Å². The van der Waals surface area contributed by atoms with Crippen LogP contribution in [0.1, 0.15) is 35.6 Å². The number of aryl methyl sites for hydroxylation is 1. The molecule has 0 saturated heterocycles. The van der Waals surface area contributed by atoms with Crippen LogP contribution >= 0.6 is 23.6 Å². The van der Waals surface area contributed by atoms with E-state index in [1.54, 1.807) is 18.4 Å². The van der Waals surface area contributed by atoms with Crippen LogP contribution in [-0.4, -0.2) is 42.6 Å². The Bertz CT molecular complexity index is 502. The van der Waals surface area contributed by atoms with E-state index in [1.807, 2.05) is 4.90 Å². The molecule has 1 aromatic heterocycles. The molecule has 0 spiro atoms. The number of nitrogens with zero attached hydrogens (tertiary/aromatic N) is 1. The lowest BCUT2D eigenvalue weighted by Gasteiger charge is -2.29. The van der Waals surface area contributed by atoms with Gasteiger partial charge in [0.1, 0.15) is 0 Å². The molecule has 1 atom stereocenters. The number of rotatable bonds is 7. The van der Waals surface area contributed by atoms with Gasteiger partial charge in [0.2, 0.25) is 5.91 Å². The maximum atomic E-state index is 12.9. The molecule has 4 nitrogen and oxygen atoms in total. The zero-order chi connectivity index (χ0) is 15.2. The molecule has 1 aromatic rings. The Morgan fingerprint density at radius 2 is 2.38 bits per heavy atom. The van der Waals surface area contributed by atoms with Crippen molar-refractivity contribution in [3.05, 3.63) is 21.9 Å². The van der Waals surface area contributed by atoms with Crippen molar-refractivity contribution in [2.45, 2.75) is 31.6 Å². The van der Waals surface area contributed by atoms with Gasteiger partial charge in [-0.3, -0.25) is 4.79 Å². The van der Waals surface area contributed by atoms with Gasteiger partial charge in [-0.25, -0.2) is 0 Å². The predicted octanol–water partition coefficient (Wildman–Crippen LogP) is 2.32. The van der Waals surface area contributed by atoms with Crippen LogP contribution in [0.5, 0.6) is 0 Å². The van der Waals surface area contributed by atoms with E-state index < -0.39 is 0 Å². The third-order valence-corrected chi connectivity index (χ3v) is 5.06. The molecule has 6 heteroatoms. The first-order chi connectivity index (χ1) is 10.1. The summed E-state index contributed by atoms with van der Waals surface area (Å²) in [4.78, 5) is 16.5. The van der Waals surface area contributed by atoms with Crippen LogP contribution in [0.3, 0.4) is 0 Å². The Kier molecular flexibility index (Phi) is 6.14. The van der Waals surface area contributed by atoms with E-state index in [-0.39, 0.29) is 11.8 Å². The van der Waals surface area contributed by atoms with E-state index in [1.165, 1.54) is 10.4 Å². The van der Waals surface area contributed by atoms with E-state index in [9.17, 15) is 4.79 Å². The molecule has 1 aliphatic rings. The number of ether oxygens (including phenoxy) is 1. The van der Waals surface area contributed by atoms with E-state index in [0.717, 1.165) is 19.3 Å². The smallest absolute Gasteiger partial charge is 0.230 e. The summed E-state index contributed by atoms with van der Waals surface area (Å²) in [5.74, 6) is 0.172. The number of fused-ring (bicyclic) bond motifs is 1. The second-order valence-corrected chi connectivity index (χ2v) is 6.80. The first-order valence-corrected chi connectivity index (χ1v) is 8.54. The molecule has 1 heterocycles. The van der Waals surface area contributed by atoms with Gasteiger partial charge in [-0.05, 0) is 36.3 Å². The standard InChI is InChI=1S/C15H22N2O2S2/c1-19-9-8-17(7-5-14(16)20)15(18)12-3-2-4-13-11(12)6-10-21-13/h6,10,12H,2-5,7-9H2,1H3,(H2,16,20). The molecule has 0 radical (unpaired) electrons. The Morgan fingerprint density at radius 3 is 3.10 bits per heavy atom. The van der Waals surface area contributed by atoms with Crippen molar-refractivity contribution in [2.24, 2.45) is 5.73 Å². The van der Waals surface area contributed by atoms with Crippen LogP contribution in [-0.2, 0) is 16.0 Å². The lowest BCUT2D eigenvalue weighted by Crippen LogP contribution is -2.40. The molecule has 0 aliphatic heterocycles. The van der Waals surface area contributed by atoms with Crippen molar-refractivity contribution in [2.75, 3.05) is 26.8 Å². The number of thiocarbonyl (C=S) groups is 1. The van der Waals surface area contributed by atoms with Crippen molar-refractivity contribution < 1.29 is 9.53 Å². The fourth-order valence-corrected chi connectivity index (χ4v) is 3.82.